The number of hydrogen-bond acceptors (Lipinski definition) is 8. The van der Waals surface area contributed by atoms with Gasteiger partial charge >= 0.3 is 6.16 Å². The van der Waals surface area contributed by atoms with Crippen molar-refractivity contribution in [3.05, 3.63) is 29.8 Å². The topological polar surface area (TPSA) is 171 Å². The molecular weight excluding hydrogens is 564 g/mol. The molecule has 0 radical (unpaired) electrons. The van der Waals surface area contributed by atoms with E-state index in [1.165, 1.54) is 4.90 Å². The summed E-state index contributed by atoms with van der Waals surface area (Å²) in [5.41, 5.74) is 1.08. The van der Waals surface area contributed by atoms with E-state index in [2.05, 4.69) is 27.6 Å². The van der Waals surface area contributed by atoms with Crippen LogP contribution in [0.3, 0.4) is 0 Å². The van der Waals surface area contributed by atoms with Crippen molar-refractivity contribution < 1.29 is 38.6 Å². The molecule has 3 unspecified atom stereocenters. The van der Waals surface area contributed by atoms with Crippen LogP contribution in [0.5, 0.6) is 0 Å². The van der Waals surface area contributed by atoms with Gasteiger partial charge in [0.2, 0.25) is 29.5 Å². The van der Waals surface area contributed by atoms with Crippen LogP contribution < -0.4 is 16.0 Å². The van der Waals surface area contributed by atoms with Crippen LogP contribution in [0.15, 0.2) is 24.3 Å². The molecule has 1 fully saturated rings. The standard InChI is InChI=1S/C29H42N4O8S/c1-5-19(4)42-22-15-25(36)33(28(22)38)14-8-6-7-9-23(34)32-26(18(2)3)27(37)30-16-24(35)31-21-12-10-20(11-13-21)17-41-29(39)40/h10-13,18-19,22,26H,5-9,14-17H2,1-4H3,(H,30,37)(H,31,35)(H,32,34)(H,39,40). The van der Waals surface area contributed by atoms with Crippen LogP contribution in [0.25, 0.3) is 0 Å². The zero-order valence-electron chi connectivity index (χ0n) is 24.6. The Kier molecular flexibility index (Phi) is 14.3. The number of nitrogens with zero attached hydrogens (tertiary/aromatic N) is 1. The highest BCUT2D eigenvalue weighted by molar-refractivity contribution is 8.01. The summed E-state index contributed by atoms with van der Waals surface area (Å²) in [6.07, 6.45) is 1.80. The third-order valence-corrected chi connectivity index (χ3v) is 8.24. The number of benzene rings is 1. The Balaban J connectivity index is 1.69. The number of amides is 5. The molecule has 3 atom stereocenters. The molecule has 232 valence electrons. The Hall–Kier alpha value is -3.61. The number of rotatable bonds is 17. The fraction of sp³-hybridized carbons (Fsp3) is 0.586. The SMILES string of the molecule is CCC(C)SC1CC(=O)N(CCCCCC(=O)NC(C(=O)NCC(=O)Nc2ccc(COC(=O)O)cc2)C(C)C)C1=O. The lowest BCUT2D eigenvalue weighted by Crippen LogP contribution is -2.51. The van der Waals surface area contributed by atoms with Crippen molar-refractivity contribution in [3.63, 3.8) is 0 Å². The summed E-state index contributed by atoms with van der Waals surface area (Å²) in [6, 6.07) is 5.57. The Morgan fingerprint density at radius 2 is 1.74 bits per heavy atom. The first-order valence-electron chi connectivity index (χ1n) is 14.2. The lowest BCUT2D eigenvalue weighted by molar-refractivity contribution is -0.138. The van der Waals surface area contributed by atoms with Gasteiger partial charge in [0.05, 0.1) is 11.8 Å². The van der Waals surface area contributed by atoms with E-state index in [0.29, 0.717) is 42.3 Å². The zero-order valence-corrected chi connectivity index (χ0v) is 25.5. The highest BCUT2D eigenvalue weighted by Gasteiger charge is 2.39. The van der Waals surface area contributed by atoms with Crippen LogP contribution >= 0.6 is 11.8 Å². The fourth-order valence-electron chi connectivity index (χ4n) is 4.20. The summed E-state index contributed by atoms with van der Waals surface area (Å²) in [5, 5.41) is 16.5. The normalized spacial score (nSPS) is 16.2. The summed E-state index contributed by atoms with van der Waals surface area (Å²) in [4.78, 5) is 74.2. The van der Waals surface area contributed by atoms with Crippen LogP contribution in [0.4, 0.5) is 10.5 Å². The minimum absolute atomic E-state index is 0.110. The number of hydrogen-bond donors (Lipinski definition) is 4. The van der Waals surface area contributed by atoms with Crippen molar-refractivity contribution in [3.8, 4) is 0 Å². The molecule has 1 heterocycles. The maximum absolute atomic E-state index is 12.7. The van der Waals surface area contributed by atoms with Crippen LogP contribution in [0.1, 0.15) is 71.8 Å². The highest BCUT2D eigenvalue weighted by Crippen LogP contribution is 2.29. The number of carbonyl (C=O) groups excluding carboxylic acids is 5. The van der Waals surface area contributed by atoms with Crippen LogP contribution in [0.2, 0.25) is 0 Å². The molecule has 12 nitrogen and oxygen atoms in total. The second-order valence-electron chi connectivity index (χ2n) is 10.5. The van der Waals surface area contributed by atoms with E-state index in [4.69, 9.17) is 5.11 Å². The van der Waals surface area contributed by atoms with Crippen LogP contribution in [-0.2, 0) is 35.3 Å². The molecule has 1 aliphatic heterocycles. The highest BCUT2D eigenvalue weighted by atomic mass is 32.2. The molecule has 1 aliphatic rings. The van der Waals surface area contributed by atoms with Crippen LogP contribution in [0, 0.1) is 5.92 Å². The Labute approximate surface area is 250 Å². The number of unbranched alkanes of at least 4 members (excludes halogenated alkanes) is 2. The molecule has 42 heavy (non-hydrogen) atoms. The molecule has 4 N–H and O–H groups in total. The predicted molar refractivity (Wildman–Crippen MR) is 159 cm³/mol. The first-order chi connectivity index (χ1) is 19.9. The molecule has 0 saturated carbocycles. The largest absolute Gasteiger partial charge is 0.506 e. The quantitative estimate of drug-likeness (QED) is 0.118. The van der Waals surface area contributed by atoms with E-state index >= 15 is 0 Å². The molecule has 0 aliphatic carbocycles. The fourth-order valence-corrected chi connectivity index (χ4v) is 5.43. The van der Waals surface area contributed by atoms with Crippen LogP contribution in [-0.4, -0.2) is 75.3 Å². The molecule has 1 saturated heterocycles. The van der Waals surface area contributed by atoms with Crippen molar-refractivity contribution in [2.75, 3.05) is 18.4 Å². The van der Waals surface area contributed by atoms with Gasteiger partial charge in [0.1, 0.15) is 12.6 Å². The van der Waals surface area contributed by atoms with E-state index in [1.54, 1.807) is 49.9 Å². The van der Waals surface area contributed by atoms with Crippen molar-refractivity contribution >= 4 is 53.1 Å². The minimum Gasteiger partial charge on any atom is -0.450 e. The van der Waals surface area contributed by atoms with E-state index in [0.717, 1.165) is 6.42 Å². The monoisotopic (exact) mass is 606 g/mol. The third kappa shape index (κ3) is 11.7. The van der Waals surface area contributed by atoms with E-state index in [1.807, 2.05) is 6.92 Å². The number of likely N-dealkylation sites (tertiary alicyclic amines) is 1. The zero-order chi connectivity index (χ0) is 31.2. The number of carboxylic acid groups (broad SMARTS) is 1. The summed E-state index contributed by atoms with van der Waals surface area (Å²) < 4.78 is 4.48. The predicted octanol–water partition coefficient (Wildman–Crippen LogP) is 3.30. The molecule has 1 aromatic carbocycles. The average Bonchev–Trinajstić information content (AvgIpc) is 3.20. The summed E-state index contributed by atoms with van der Waals surface area (Å²) >= 11 is 1.55. The maximum Gasteiger partial charge on any atom is 0.506 e. The van der Waals surface area contributed by atoms with Gasteiger partial charge in [-0.15, -0.1) is 11.8 Å². The van der Waals surface area contributed by atoms with Gasteiger partial charge in [0, 0.05) is 30.3 Å². The molecule has 13 heteroatoms. The molecule has 0 spiro atoms. The van der Waals surface area contributed by atoms with Gasteiger partial charge in [-0.3, -0.25) is 28.9 Å². The van der Waals surface area contributed by atoms with Gasteiger partial charge < -0.3 is 25.8 Å². The second kappa shape index (κ2) is 17.4. The smallest absolute Gasteiger partial charge is 0.450 e. The summed E-state index contributed by atoms with van der Waals surface area (Å²) in [6.45, 7) is 7.62. The lowest BCUT2D eigenvalue weighted by atomic mass is 10.0. The third-order valence-electron chi connectivity index (χ3n) is 6.75. The number of nitrogens with one attached hydrogen (secondary N) is 3. The first kappa shape index (κ1) is 34.6. The van der Waals surface area contributed by atoms with Gasteiger partial charge in [0.25, 0.3) is 0 Å². The van der Waals surface area contributed by atoms with Gasteiger partial charge in [-0.2, -0.15) is 0 Å². The van der Waals surface area contributed by atoms with Gasteiger partial charge in [-0.1, -0.05) is 46.2 Å². The Bertz CT molecular complexity index is 1110. The number of carbonyl (C=O) groups is 6. The van der Waals surface area contributed by atoms with E-state index in [9.17, 15) is 28.8 Å². The minimum atomic E-state index is -1.38. The van der Waals surface area contributed by atoms with E-state index < -0.39 is 24.0 Å². The molecular formula is C29H42N4O8S. The molecule has 5 amide bonds. The van der Waals surface area contributed by atoms with Gasteiger partial charge in [-0.25, -0.2) is 4.79 Å². The molecule has 2 rings (SSSR count). The average molecular weight is 607 g/mol. The molecule has 0 aromatic heterocycles. The maximum atomic E-state index is 12.7. The van der Waals surface area contributed by atoms with Crippen molar-refractivity contribution in [1.82, 2.24) is 15.5 Å². The van der Waals surface area contributed by atoms with Crippen molar-refractivity contribution in [1.29, 1.82) is 0 Å². The second-order valence-corrected chi connectivity index (χ2v) is 12.2. The Morgan fingerprint density at radius 3 is 2.36 bits per heavy atom. The number of ether oxygens (including phenoxy) is 1. The Morgan fingerprint density at radius 1 is 1.05 bits per heavy atom. The lowest BCUT2D eigenvalue weighted by Gasteiger charge is -2.21. The first-order valence-corrected chi connectivity index (χ1v) is 15.2. The summed E-state index contributed by atoms with van der Waals surface area (Å²) in [7, 11) is 0. The number of anilines is 1. The van der Waals surface area contributed by atoms with Crippen molar-refractivity contribution in [2.45, 2.75) is 89.4 Å². The molecule has 1 aromatic rings. The summed E-state index contributed by atoms with van der Waals surface area (Å²) in [5.74, 6) is -1.72. The van der Waals surface area contributed by atoms with Crippen molar-refractivity contribution in [2.24, 2.45) is 5.92 Å². The number of imide groups is 1. The van der Waals surface area contributed by atoms with E-state index in [-0.39, 0.29) is 54.9 Å². The number of thioether (sulfide) groups is 1. The van der Waals surface area contributed by atoms with Gasteiger partial charge in [-0.05, 0) is 42.9 Å². The molecule has 0 bridgehead atoms. The van der Waals surface area contributed by atoms with Gasteiger partial charge in [0.15, 0.2) is 0 Å².